The molecule has 10 atom stereocenters. The Morgan fingerprint density at radius 3 is 2.27 bits per heavy atom. The average molecular weight is 457 g/mol. The number of carboxylic acid groups (broad SMARTS) is 1. The molecule has 5 rings (SSSR count). The summed E-state index contributed by atoms with van der Waals surface area (Å²) in [7, 11) is 0. The number of hydrogen-bond donors (Lipinski definition) is 2. The van der Waals surface area contributed by atoms with Gasteiger partial charge in [-0.1, -0.05) is 60.1 Å². The van der Waals surface area contributed by atoms with Gasteiger partial charge < -0.3 is 10.2 Å². The number of carbonyl (C=O) groups is 1. The monoisotopic (exact) mass is 456 g/mol. The maximum Gasteiger partial charge on any atom is 0.310 e. The molecule has 186 valence electrons. The van der Waals surface area contributed by atoms with E-state index in [0.717, 1.165) is 44.9 Å². The highest BCUT2D eigenvalue weighted by Crippen LogP contribution is 2.75. The molecule has 4 saturated carbocycles. The lowest BCUT2D eigenvalue weighted by molar-refractivity contribution is -0.206. The van der Waals surface area contributed by atoms with Gasteiger partial charge in [-0.2, -0.15) is 0 Å². The van der Waals surface area contributed by atoms with E-state index < -0.39 is 11.4 Å². The predicted octanol–water partition coefficient (Wildman–Crippen LogP) is 7.09. The van der Waals surface area contributed by atoms with Crippen LogP contribution in [0.25, 0.3) is 0 Å². The number of aliphatic hydroxyl groups is 1. The molecular formula is C30H48O3. The molecule has 0 aliphatic heterocycles. The lowest BCUT2D eigenvalue weighted by Gasteiger charge is -2.71. The fraction of sp³-hybridized carbons (Fsp3) is 0.900. The van der Waals surface area contributed by atoms with E-state index in [1.54, 1.807) is 0 Å². The van der Waals surface area contributed by atoms with Crippen molar-refractivity contribution in [3.05, 3.63) is 11.6 Å². The topological polar surface area (TPSA) is 57.5 Å². The van der Waals surface area contributed by atoms with Crippen molar-refractivity contribution >= 4 is 5.97 Å². The van der Waals surface area contributed by atoms with Gasteiger partial charge in [-0.3, -0.25) is 4.79 Å². The number of aliphatic hydroxyl groups excluding tert-OH is 1. The number of carboxylic acids is 1. The molecule has 3 heteroatoms. The summed E-state index contributed by atoms with van der Waals surface area (Å²) >= 11 is 0. The Balaban J connectivity index is 1.61. The fourth-order valence-corrected chi connectivity index (χ4v) is 10.8. The van der Waals surface area contributed by atoms with E-state index in [9.17, 15) is 15.0 Å². The van der Waals surface area contributed by atoms with Crippen molar-refractivity contribution in [1.82, 2.24) is 0 Å². The van der Waals surface area contributed by atoms with Crippen LogP contribution in [0, 0.1) is 56.7 Å². The SMILES string of the molecule is C[C@@H]1CC[C@]2(C(=O)O)CC[C@]3(C)C(=CC[C@@H]4[C@@]5(C)CC[C@@H](O)C(C)(C)[C@@H]5CC[C@]43C)C2[C@H]1C. The average Bonchev–Trinajstić information content (AvgIpc) is 2.74. The van der Waals surface area contributed by atoms with Crippen LogP contribution in [0.15, 0.2) is 11.6 Å². The zero-order valence-corrected chi connectivity index (χ0v) is 22.2. The van der Waals surface area contributed by atoms with Crippen molar-refractivity contribution in [2.45, 2.75) is 112 Å². The summed E-state index contributed by atoms with van der Waals surface area (Å²) in [6, 6.07) is 0. The molecule has 0 spiro atoms. The summed E-state index contributed by atoms with van der Waals surface area (Å²) in [5.41, 5.74) is 1.46. The van der Waals surface area contributed by atoms with Gasteiger partial charge in [0, 0.05) is 0 Å². The highest BCUT2D eigenvalue weighted by atomic mass is 16.4. The Kier molecular flexibility index (Phi) is 5.15. The Labute approximate surface area is 201 Å². The van der Waals surface area contributed by atoms with E-state index in [-0.39, 0.29) is 33.7 Å². The molecule has 0 radical (unpaired) electrons. The number of aliphatic carboxylic acids is 1. The standard InChI is InChI=1S/C30H48O3/c1-18-10-15-30(25(32)33)17-16-28(6)20(24(30)19(18)2)8-9-22-27(5)13-12-23(31)26(3,4)21(27)11-14-29(22,28)7/h8,18-19,21-24,31H,9-17H2,1-7H3,(H,32,33)/t18-,19+,21+,22-,23-,24?,27+,28-,29-,30+/m1/s1. The molecule has 0 amide bonds. The van der Waals surface area contributed by atoms with Crippen molar-refractivity contribution in [3.63, 3.8) is 0 Å². The number of allylic oxidation sites excluding steroid dienone is 2. The molecule has 0 aromatic rings. The molecule has 0 bridgehead atoms. The second-order valence-corrected chi connectivity index (χ2v) is 14.5. The molecule has 0 heterocycles. The van der Waals surface area contributed by atoms with Gasteiger partial charge in [0.2, 0.25) is 0 Å². The zero-order valence-electron chi connectivity index (χ0n) is 22.2. The van der Waals surface area contributed by atoms with Crippen LogP contribution in [0.5, 0.6) is 0 Å². The van der Waals surface area contributed by atoms with E-state index in [0.29, 0.717) is 23.7 Å². The fourth-order valence-electron chi connectivity index (χ4n) is 10.8. The molecule has 0 aromatic heterocycles. The summed E-state index contributed by atoms with van der Waals surface area (Å²) in [5.74, 6) is 1.82. The second kappa shape index (κ2) is 7.11. The first kappa shape index (κ1) is 23.9. The van der Waals surface area contributed by atoms with Crippen LogP contribution >= 0.6 is 0 Å². The smallest absolute Gasteiger partial charge is 0.310 e. The molecular weight excluding hydrogens is 408 g/mol. The van der Waals surface area contributed by atoms with E-state index in [4.69, 9.17) is 0 Å². The number of hydrogen-bond acceptors (Lipinski definition) is 2. The number of fused-ring (bicyclic) bond motifs is 7. The molecule has 5 aliphatic carbocycles. The van der Waals surface area contributed by atoms with Crippen LogP contribution in [0.4, 0.5) is 0 Å². The van der Waals surface area contributed by atoms with Crippen molar-refractivity contribution < 1.29 is 15.0 Å². The quantitative estimate of drug-likeness (QED) is 0.414. The van der Waals surface area contributed by atoms with Gasteiger partial charge in [0.25, 0.3) is 0 Å². The van der Waals surface area contributed by atoms with Crippen LogP contribution < -0.4 is 0 Å². The molecule has 0 saturated heterocycles. The second-order valence-electron chi connectivity index (χ2n) is 14.5. The highest BCUT2D eigenvalue weighted by molar-refractivity contribution is 5.76. The van der Waals surface area contributed by atoms with Crippen molar-refractivity contribution in [1.29, 1.82) is 0 Å². The van der Waals surface area contributed by atoms with Crippen LogP contribution in [0.2, 0.25) is 0 Å². The van der Waals surface area contributed by atoms with Gasteiger partial charge in [-0.15, -0.1) is 0 Å². The zero-order chi connectivity index (χ0) is 24.2. The third-order valence-corrected chi connectivity index (χ3v) is 13.4. The van der Waals surface area contributed by atoms with Gasteiger partial charge in [-0.05, 0) is 109 Å². The molecule has 4 fully saturated rings. The van der Waals surface area contributed by atoms with Crippen LogP contribution in [-0.2, 0) is 4.79 Å². The molecule has 5 aliphatic rings. The Hall–Kier alpha value is -0.830. The lowest BCUT2D eigenvalue weighted by Crippen LogP contribution is -2.65. The third kappa shape index (κ3) is 2.75. The van der Waals surface area contributed by atoms with E-state index in [1.165, 1.54) is 18.4 Å². The maximum atomic E-state index is 12.8. The minimum Gasteiger partial charge on any atom is -0.481 e. The largest absolute Gasteiger partial charge is 0.481 e. The van der Waals surface area contributed by atoms with Crippen molar-refractivity contribution in [2.24, 2.45) is 56.7 Å². The first-order valence-corrected chi connectivity index (χ1v) is 13.9. The van der Waals surface area contributed by atoms with Crippen molar-refractivity contribution in [3.8, 4) is 0 Å². The summed E-state index contributed by atoms with van der Waals surface area (Å²) in [4.78, 5) is 12.8. The Morgan fingerprint density at radius 2 is 1.61 bits per heavy atom. The summed E-state index contributed by atoms with van der Waals surface area (Å²) < 4.78 is 0. The van der Waals surface area contributed by atoms with Gasteiger partial charge in [0.1, 0.15) is 0 Å². The highest BCUT2D eigenvalue weighted by Gasteiger charge is 2.69. The third-order valence-electron chi connectivity index (χ3n) is 13.4. The molecule has 0 aromatic carbocycles. The molecule has 3 nitrogen and oxygen atoms in total. The summed E-state index contributed by atoms with van der Waals surface area (Å²) in [6.07, 6.45) is 11.6. The van der Waals surface area contributed by atoms with Gasteiger partial charge in [-0.25, -0.2) is 0 Å². The summed E-state index contributed by atoms with van der Waals surface area (Å²) in [6.45, 7) is 17.0. The van der Waals surface area contributed by atoms with E-state index >= 15 is 0 Å². The Morgan fingerprint density at radius 1 is 0.909 bits per heavy atom. The molecule has 2 N–H and O–H groups in total. The van der Waals surface area contributed by atoms with Crippen LogP contribution in [-0.4, -0.2) is 22.3 Å². The van der Waals surface area contributed by atoms with Crippen LogP contribution in [0.1, 0.15) is 106 Å². The van der Waals surface area contributed by atoms with Gasteiger partial charge in [0.15, 0.2) is 0 Å². The Bertz CT molecular complexity index is 874. The minimum absolute atomic E-state index is 0.0302. The van der Waals surface area contributed by atoms with Crippen LogP contribution in [0.3, 0.4) is 0 Å². The first-order valence-electron chi connectivity index (χ1n) is 13.9. The van der Waals surface area contributed by atoms with Gasteiger partial charge in [0.05, 0.1) is 11.5 Å². The normalized spacial score (nSPS) is 55.3. The lowest BCUT2D eigenvalue weighted by atomic mass is 9.33. The molecule has 1 unspecified atom stereocenters. The number of rotatable bonds is 1. The molecule has 33 heavy (non-hydrogen) atoms. The summed E-state index contributed by atoms with van der Waals surface area (Å²) in [5, 5.41) is 21.4. The first-order chi connectivity index (χ1) is 15.3. The maximum absolute atomic E-state index is 12.8. The van der Waals surface area contributed by atoms with E-state index in [2.05, 4.69) is 54.5 Å². The van der Waals surface area contributed by atoms with E-state index in [1.807, 2.05) is 0 Å². The van der Waals surface area contributed by atoms with Crippen molar-refractivity contribution in [2.75, 3.05) is 0 Å². The van der Waals surface area contributed by atoms with Gasteiger partial charge >= 0.3 is 5.97 Å². The predicted molar refractivity (Wildman–Crippen MR) is 133 cm³/mol. The minimum atomic E-state index is -0.557.